The normalized spacial score (nSPS) is 12.5. The van der Waals surface area contributed by atoms with Crippen molar-refractivity contribution in [1.82, 2.24) is 0 Å². The summed E-state index contributed by atoms with van der Waals surface area (Å²) >= 11 is 5.30. The number of benzene rings is 1. The van der Waals surface area contributed by atoms with Crippen molar-refractivity contribution in [2.45, 2.75) is 13.3 Å². The van der Waals surface area contributed by atoms with Crippen LogP contribution in [-0.4, -0.2) is 5.24 Å². The zero-order valence-corrected chi connectivity index (χ0v) is 8.01. The van der Waals surface area contributed by atoms with Crippen LogP contribution in [0.25, 0.3) is 0 Å². The Labute approximate surface area is 81.5 Å². The highest BCUT2D eigenvalue weighted by atomic mass is 35.5. The van der Waals surface area contributed by atoms with Crippen molar-refractivity contribution in [3.63, 3.8) is 0 Å². The average Bonchev–Trinajstić information content (AvgIpc) is 2.08. The topological polar surface area (TPSA) is 17.1 Å². The Kier molecular flexibility index (Phi) is 3.43. The van der Waals surface area contributed by atoms with Crippen LogP contribution in [0, 0.1) is 11.7 Å². The largest absolute Gasteiger partial charge is 0.281 e. The second kappa shape index (κ2) is 4.38. The number of halogens is 2. The number of carbonyl (C=O) groups is 1. The minimum absolute atomic E-state index is 0.216. The van der Waals surface area contributed by atoms with Gasteiger partial charge >= 0.3 is 0 Å². The Bertz CT molecular complexity index is 294. The van der Waals surface area contributed by atoms with Gasteiger partial charge in [0.2, 0.25) is 5.24 Å². The highest BCUT2D eigenvalue weighted by Crippen LogP contribution is 2.11. The van der Waals surface area contributed by atoms with E-state index >= 15 is 0 Å². The highest BCUT2D eigenvalue weighted by Gasteiger charge is 2.10. The lowest BCUT2D eigenvalue weighted by Gasteiger charge is -2.05. The van der Waals surface area contributed by atoms with E-state index in [2.05, 4.69) is 0 Å². The third kappa shape index (κ3) is 3.15. The SMILES string of the molecule is C[C@H](Cc1ccc(F)cc1)C(=O)Cl. The molecular formula is C10H10ClFO. The predicted octanol–water partition coefficient (Wildman–Crippen LogP) is 2.77. The first-order chi connectivity index (χ1) is 6.09. The van der Waals surface area contributed by atoms with E-state index in [1.807, 2.05) is 0 Å². The van der Waals surface area contributed by atoms with Crippen LogP contribution in [0.1, 0.15) is 12.5 Å². The van der Waals surface area contributed by atoms with Gasteiger partial charge in [0.1, 0.15) is 5.82 Å². The lowest BCUT2D eigenvalue weighted by Crippen LogP contribution is -2.07. The molecule has 0 saturated heterocycles. The summed E-state index contributed by atoms with van der Waals surface area (Å²) in [6.07, 6.45) is 0.558. The lowest BCUT2D eigenvalue weighted by molar-refractivity contribution is -0.114. The van der Waals surface area contributed by atoms with Crippen molar-refractivity contribution in [2.75, 3.05) is 0 Å². The first-order valence-corrected chi connectivity index (χ1v) is 4.41. The van der Waals surface area contributed by atoms with Gasteiger partial charge in [-0.1, -0.05) is 19.1 Å². The van der Waals surface area contributed by atoms with Crippen LogP contribution < -0.4 is 0 Å². The van der Waals surface area contributed by atoms with Crippen molar-refractivity contribution in [3.05, 3.63) is 35.6 Å². The van der Waals surface area contributed by atoms with Gasteiger partial charge in [-0.3, -0.25) is 4.79 Å². The molecule has 0 heterocycles. The van der Waals surface area contributed by atoms with Gasteiger partial charge in [0.25, 0.3) is 0 Å². The molecule has 1 aromatic carbocycles. The van der Waals surface area contributed by atoms with E-state index in [1.165, 1.54) is 12.1 Å². The molecule has 0 spiro atoms. The highest BCUT2D eigenvalue weighted by molar-refractivity contribution is 6.63. The molecule has 70 valence electrons. The van der Waals surface area contributed by atoms with Crippen molar-refractivity contribution in [3.8, 4) is 0 Å². The minimum atomic E-state index is -0.357. The molecular weight excluding hydrogens is 191 g/mol. The first kappa shape index (κ1) is 10.2. The van der Waals surface area contributed by atoms with Crippen LogP contribution in [-0.2, 0) is 11.2 Å². The number of hydrogen-bond donors (Lipinski definition) is 0. The summed E-state index contributed by atoms with van der Waals surface area (Å²) in [5.74, 6) is -0.485. The molecule has 0 fully saturated rings. The molecule has 1 aromatic rings. The summed E-state index contributed by atoms with van der Waals surface area (Å²) in [5, 5.41) is -0.357. The van der Waals surface area contributed by atoms with Gasteiger partial charge in [-0.25, -0.2) is 4.39 Å². The van der Waals surface area contributed by atoms with Crippen LogP contribution in [0.4, 0.5) is 4.39 Å². The molecule has 13 heavy (non-hydrogen) atoms. The number of carbonyl (C=O) groups excluding carboxylic acids is 1. The second-order valence-corrected chi connectivity index (χ2v) is 3.41. The first-order valence-electron chi connectivity index (χ1n) is 4.03. The van der Waals surface area contributed by atoms with E-state index in [-0.39, 0.29) is 17.0 Å². The maximum atomic E-state index is 12.5. The Hall–Kier alpha value is -0.890. The van der Waals surface area contributed by atoms with Crippen LogP contribution in [0.5, 0.6) is 0 Å². The zero-order chi connectivity index (χ0) is 9.84. The van der Waals surface area contributed by atoms with E-state index in [1.54, 1.807) is 19.1 Å². The van der Waals surface area contributed by atoms with Gasteiger partial charge in [0.05, 0.1) is 0 Å². The van der Waals surface area contributed by atoms with Gasteiger partial charge in [-0.2, -0.15) is 0 Å². The molecule has 0 bridgehead atoms. The quantitative estimate of drug-likeness (QED) is 0.686. The molecule has 0 unspecified atom stereocenters. The van der Waals surface area contributed by atoms with E-state index in [0.29, 0.717) is 6.42 Å². The van der Waals surface area contributed by atoms with Gasteiger partial charge in [0.15, 0.2) is 0 Å². The fourth-order valence-corrected chi connectivity index (χ4v) is 1.13. The van der Waals surface area contributed by atoms with E-state index in [9.17, 15) is 9.18 Å². The standard InChI is InChI=1S/C10H10ClFO/c1-7(10(11)13)6-8-2-4-9(12)5-3-8/h2-5,7H,6H2,1H3/t7-/m1/s1. The van der Waals surface area contributed by atoms with E-state index in [4.69, 9.17) is 11.6 Å². The molecule has 0 aliphatic heterocycles. The lowest BCUT2D eigenvalue weighted by atomic mass is 10.0. The fraction of sp³-hybridized carbons (Fsp3) is 0.300. The van der Waals surface area contributed by atoms with Crippen LogP contribution in [0.15, 0.2) is 24.3 Å². The number of hydrogen-bond acceptors (Lipinski definition) is 1. The van der Waals surface area contributed by atoms with Crippen LogP contribution >= 0.6 is 11.6 Å². The molecule has 0 aliphatic carbocycles. The van der Waals surface area contributed by atoms with Gasteiger partial charge in [-0.15, -0.1) is 0 Å². The van der Waals surface area contributed by atoms with Crippen molar-refractivity contribution >= 4 is 16.8 Å². The molecule has 0 amide bonds. The Morgan fingerprint density at radius 3 is 2.46 bits per heavy atom. The number of rotatable bonds is 3. The van der Waals surface area contributed by atoms with Gasteiger partial charge in [0, 0.05) is 5.92 Å². The van der Waals surface area contributed by atoms with E-state index < -0.39 is 0 Å². The van der Waals surface area contributed by atoms with E-state index in [0.717, 1.165) is 5.56 Å². The summed E-state index contributed by atoms with van der Waals surface area (Å²) in [4.78, 5) is 10.7. The Balaban J connectivity index is 2.64. The summed E-state index contributed by atoms with van der Waals surface area (Å²) in [6.45, 7) is 1.75. The molecule has 0 aliphatic rings. The zero-order valence-electron chi connectivity index (χ0n) is 7.26. The smallest absolute Gasteiger partial charge is 0.224 e. The van der Waals surface area contributed by atoms with Crippen LogP contribution in [0.2, 0.25) is 0 Å². The fourth-order valence-electron chi connectivity index (χ4n) is 1.05. The second-order valence-electron chi connectivity index (χ2n) is 3.04. The maximum Gasteiger partial charge on any atom is 0.224 e. The third-order valence-corrected chi connectivity index (χ3v) is 2.22. The van der Waals surface area contributed by atoms with Crippen molar-refractivity contribution < 1.29 is 9.18 Å². The van der Waals surface area contributed by atoms with Gasteiger partial charge < -0.3 is 0 Å². The summed E-state index contributed by atoms with van der Waals surface area (Å²) in [7, 11) is 0. The summed E-state index contributed by atoms with van der Waals surface area (Å²) in [5.41, 5.74) is 0.919. The molecule has 0 aromatic heterocycles. The molecule has 0 radical (unpaired) electrons. The molecule has 1 rings (SSSR count). The summed E-state index contributed by atoms with van der Waals surface area (Å²) < 4.78 is 12.5. The molecule has 1 nitrogen and oxygen atoms in total. The third-order valence-electron chi connectivity index (χ3n) is 1.84. The maximum absolute atomic E-state index is 12.5. The predicted molar refractivity (Wildman–Crippen MR) is 50.1 cm³/mol. The average molecular weight is 201 g/mol. The Morgan fingerprint density at radius 2 is 2.00 bits per heavy atom. The monoisotopic (exact) mass is 200 g/mol. The molecule has 0 N–H and O–H groups in total. The molecule has 3 heteroatoms. The summed E-state index contributed by atoms with van der Waals surface area (Å²) in [6, 6.07) is 6.07. The minimum Gasteiger partial charge on any atom is -0.281 e. The molecule has 0 saturated carbocycles. The van der Waals surface area contributed by atoms with Crippen LogP contribution in [0.3, 0.4) is 0 Å². The van der Waals surface area contributed by atoms with Gasteiger partial charge in [-0.05, 0) is 35.7 Å². The van der Waals surface area contributed by atoms with Crippen molar-refractivity contribution in [2.24, 2.45) is 5.92 Å². The molecule has 1 atom stereocenters. The Morgan fingerprint density at radius 1 is 1.46 bits per heavy atom. The van der Waals surface area contributed by atoms with Crippen molar-refractivity contribution in [1.29, 1.82) is 0 Å².